The quantitative estimate of drug-likeness (QED) is 0.208. The van der Waals surface area contributed by atoms with Gasteiger partial charge in [-0.05, 0) is 41.5 Å². The zero-order chi connectivity index (χ0) is 31.9. The molecule has 0 unspecified atom stereocenters. The maximum atomic E-state index is 14.0. The van der Waals surface area contributed by atoms with Gasteiger partial charge in [-0.25, -0.2) is 9.59 Å². The number of hydrogen-bond donors (Lipinski definition) is 0. The molecule has 0 N–H and O–H groups in total. The van der Waals surface area contributed by atoms with Gasteiger partial charge in [-0.1, -0.05) is 0 Å². The van der Waals surface area contributed by atoms with Crippen LogP contribution < -0.4 is 0 Å². The first-order chi connectivity index (χ1) is 18.6. The second-order valence-electron chi connectivity index (χ2n) is 10.9. The highest BCUT2D eigenvalue weighted by Crippen LogP contribution is 2.33. The summed E-state index contributed by atoms with van der Waals surface area (Å²) in [6.07, 6.45) is -5.64. The summed E-state index contributed by atoms with van der Waals surface area (Å²) in [4.78, 5) is 72.7. The van der Waals surface area contributed by atoms with E-state index in [1.165, 1.54) is 20.8 Å². The molecule has 1 aliphatic heterocycles. The topological polar surface area (TPSA) is 184 Å². The van der Waals surface area contributed by atoms with Crippen LogP contribution in [-0.4, -0.2) is 87.7 Å². The molecule has 0 spiro atoms. The lowest BCUT2D eigenvalue weighted by molar-refractivity contribution is -0.238. The summed E-state index contributed by atoms with van der Waals surface area (Å²) in [5, 5.41) is 0. The Balaban J connectivity index is 3.80. The summed E-state index contributed by atoms with van der Waals surface area (Å²) in [7, 11) is -2.69. The number of ether oxygens (including phenoxy) is 7. The molecule has 41 heavy (non-hydrogen) atoms. The number of carbonyl (C=O) groups excluding carboxylic acids is 6. The van der Waals surface area contributed by atoms with E-state index in [0.29, 0.717) is 6.08 Å². The summed E-state index contributed by atoms with van der Waals surface area (Å²) in [6, 6.07) is 0. The van der Waals surface area contributed by atoms with Gasteiger partial charge in [0.1, 0.15) is 28.8 Å². The van der Waals surface area contributed by atoms with Crippen molar-refractivity contribution in [3.63, 3.8) is 0 Å². The van der Waals surface area contributed by atoms with E-state index < -0.39 is 99.2 Å². The van der Waals surface area contributed by atoms with Crippen molar-refractivity contribution >= 4 is 46.6 Å². The first-order valence-electron chi connectivity index (χ1n) is 12.5. The molecule has 1 rings (SSSR count). The summed E-state index contributed by atoms with van der Waals surface area (Å²) in [5.41, 5.74) is -3.89. The van der Waals surface area contributed by atoms with Crippen molar-refractivity contribution < 1.29 is 66.1 Å². The van der Waals surface area contributed by atoms with E-state index in [-0.39, 0.29) is 0 Å². The van der Waals surface area contributed by atoms with Crippen molar-refractivity contribution in [2.75, 3.05) is 6.61 Å². The lowest BCUT2D eigenvalue weighted by atomic mass is 9.99. The van der Waals surface area contributed by atoms with Gasteiger partial charge < -0.3 is 33.2 Å². The smallest absolute Gasteiger partial charge is 0.348 e. The molecule has 0 saturated carbocycles. The van der Waals surface area contributed by atoms with Crippen LogP contribution in [0.5, 0.6) is 0 Å². The Morgan fingerprint density at radius 3 is 1.61 bits per heavy atom. The molecule has 0 bridgehead atoms. The minimum absolute atomic E-state index is 0.580. The van der Waals surface area contributed by atoms with Crippen LogP contribution in [0.4, 0.5) is 0 Å². The fourth-order valence-corrected chi connectivity index (χ4v) is 4.82. The molecule has 0 amide bonds. The van der Waals surface area contributed by atoms with E-state index in [1.807, 2.05) is 0 Å². The van der Waals surface area contributed by atoms with E-state index >= 15 is 0 Å². The average Bonchev–Trinajstić information content (AvgIpc) is 2.75. The Morgan fingerprint density at radius 2 is 1.17 bits per heavy atom. The monoisotopic (exact) mass is 606 g/mol. The summed E-state index contributed by atoms with van der Waals surface area (Å²) in [6.45, 7) is 12.9. The van der Waals surface area contributed by atoms with Gasteiger partial charge >= 0.3 is 35.8 Å². The first-order valence-corrected chi connectivity index (χ1v) is 13.7. The Morgan fingerprint density at radius 1 is 0.707 bits per heavy atom. The summed E-state index contributed by atoms with van der Waals surface area (Å²) in [5.74, 6) is -5.68. The van der Waals surface area contributed by atoms with Crippen LogP contribution in [0.2, 0.25) is 0 Å². The molecule has 0 aromatic rings. The Hall–Kier alpha value is -3.33. The van der Waals surface area contributed by atoms with Crippen molar-refractivity contribution in [1.82, 2.24) is 0 Å². The molecular weight excluding hydrogens is 568 g/mol. The molecule has 1 heterocycles. The van der Waals surface area contributed by atoms with Crippen LogP contribution in [-0.2, 0) is 72.7 Å². The van der Waals surface area contributed by atoms with Gasteiger partial charge in [-0.2, -0.15) is 0 Å². The standard InChI is InChI=1S/C26H38O14S/c1-13(27)34-12-17-20(35-14(2)28)21(36-15(3)29)22(37-16(4)30)24(38-17)41(33)18(23(32)40-26(8,9)10)11-19(31)39-25(5,6)7/h11,17,20-22,24H,12H2,1-10H3/b18-11+/t17-,20-,21+,22+,24-,41+/m1/s1. The molecular formula is C26H38O14S. The number of carbonyl (C=O) groups is 6. The number of esters is 6. The van der Waals surface area contributed by atoms with Gasteiger partial charge in [0.05, 0.1) is 10.8 Å². The maximum Gasteiger partial charge on any atom is 0.348 e. The highest BCUT2D eigenvalue weighted by Gasteiger charge is 2.55. The zero-order valence-electron chi connectivity index (χ0n) is 24.8. The first kappa shape index (κ1) is 35.7. The molecule has 0 radical (unpaired) electrons. The maximum absolute atomic E-state index is 14.0. The van der Waals surface area contributed by atoms with Crippen molar-refractivity contribution in [3.8, 4) is 0 Å². The predicted molar refractivity (Wildman–Crippen MR) is 140 cm³/mol. The van der Waals surface area contributed by atoms with Crippen molar-refractivity contribution in [2.24, 2.45) is 0 Å². The van der Waals surface area contributed by atoms with Crippen LogP contribution in [0.15, 0.2) is 11.0 Å². The molecule has 0 aromatic heterocycles. The molecule has 15 heteroatoms. The highest BCUT2D eigenvalue weighted by atomic mass is 32.2. The van der Waals surface area contributed by atoms with E-state index in [0.717, 1.165) is 27.7 Å². The largest absolute Gasteiger partial charge is 0.463 e. The third kappa shape index (κ3) is 12.4. The molecule has 0 aromatic carbocycles. The van der Waals surface area contributed by atoms with E-state index in [4.69, 9.17) is 33.2 Å². The Bertz CT molecular complexity index is 1080. The van der Waals surface area contributed by atoms with Gasteiger partial charge in [0.25, 0.3) is 0 Å². The van der Waals surface area contributed by atoms with E-state index in [9.17, 15) is 33.0 Å². The van der Waals surface area contributed by atoms with Crippen molar-refractivity contribution in [2.45, 2.75) is 110 Å². The van der Waals surface area contributed by atoms with Gasteiger partial charge in [-0.15, -0.1) is 0 Å². The lowest BCUT2D eigenvalue weighted by Gasteiger charge is -2.44. The van der Waals surface area contributed by atoms with Gasteiger partial charge in [0.2, 0.25) is 0 Å². The van der Waals surface area contributed by atoms with Gasteiger partial charge in [0, 0.05) is 33.8 Å². The van der Waals surface area contributed by atoms with Crippen LogP contribution in [0, 0.1) is 0 Å². The van der Waals surface area contributed by atoms with Crippen LogP contribution in [0.3, 0.4) is 0 Å². The minimum Gasteiger partial charge on any atom is -0.463 e. The summed E-state index contributed by atoms with van der Waals surface area (Å²) >= 11 is 0. The molecule has 14 nitrogen and oxygen atoms in total. The SMILES string of the molecule is CC(=O)OC[C@H]1O[C@H]([S@@](=O)/C(=C/C(=O)OC(C)(C)C)C(=O)OC(C)(C)C)[C@@H](OC(C)=O)[C@@H](OC(C)=O)[C@@H]1OC(C)=O. The lowest BCUT2D eigenvalue weighted by Crippen LogP contribution is -2.63. The Labute approximate surface area is 240 Å². The third-order valence-corrected chi connectivity index (χ3v) is 6.15. The fourth-order valence-electron chi connectivity index (χ4n) is 3.45. The van der Waals surface area contributed by atoms with Crippen LogP contribution in [0.25, 0.3) is 0 Å². The molecule has 0 aliphatic carbocycles. The predicted octanol–water partition coefficient (Wildman–Crippen LogP) is 1.39. The third-order valence-electron chi connectivity index (χ3n) is 4.63. The van der Waals surface area contributed by atoms with Crippen LogP contribution in [0.1, 0.15) is 69.2 Å². The molecule has 1 aliphatic rings. The van der Waals surface area contributed by atoms with Gasteiger partial charge in [-0.3, -0.25) is 23.4 Å². The fraction of sp³-hybridized carbons (Fsp3) is 0.692. The van der Waals surface area contributed by atoms with Crippen LogP contribution >= 0.6 is 0 Å². The average molecular weight is 607 g/mol. The second kappa shape index (κ2) is 14.5. The number of rotatable bonds is 9. The Kier molecular flexibility index (Phi) is 12.6. The molecule has 232 valence electrons. The van der Waals surface area contributed by atoms with Gasteiger partial charge in [0.15, 0.2) is 23.7 Å². The number of hydrogen-bond acceptors (Lipinski definition) is 14. The minimum atomic E-state index is -2.69. The second-order valence-corrected chi connectivity index (χ2v) is 12.4. The zero-order valence-corrected chi connectivity index (χ0v) is 25.6. The van der Waals surface area contributed by atoms with Crippen molar-refractivity contribution in [1.29, 1.82) is 0 Å². The molecule has 1 fully saturated rings. The highest BCUT2D eigenvalue weighted by molar-refractivity contribution is 7.90. The van der Waals surface area contributed by atoms with E-state index in [1.54, 1.807) is 20.8 Å². The normalized spacial score (nSPS) is 23.9. The van der Waals surface area contributed by atoms with Crippen molar-refractivity contribution in [3.05, 3.63) is 11.0 Å². The van der Waals surface area contributed by atoms with E-state index in [2.05, 4.69) is 0 Å². The summed E-state index contributed by atoms with van der Waals surface area (Å²) < 4.78 is 51.4. The molecule has 1 saturated heterocycles. The molecule has 6 atom stereocenters.